The fourth-order valence-corrected chi connectivity index (χ4v) is 3.12. The van der Waals surface area contributed by atoms with Crippen molar-refractivity contribution in [2.75, 3.05) is 13.2 Å². The normalized spacial score (nSPS) is 11.3. The van der Waals surface area contributed by atoms with Crippen molar-refractivity contribution in [2.24, 2.45) is 0 Å². The molecule has 0 N–H and O–H groups in total. The van der Waals surface area contributed by atoms with Crippen LogP contribution in [0, 0.1) is 0 Å². The second-order valence-corrected chi connectivity index (χ2v) is 9.22. The molecule has 0 saturated carbocycles. The van der Waals surface area contributed by atoms with Crippen LogP contribution in [0.5, 0.6) is 0 Å². The third-order valence-electron chi connectivity index (χ3n) is 2.49. The van der Waals surface area contributed by atoms with E-state index in [1.54, 1.807) is 0 Å². The van der Waals surface area contributed by atoms with Crippen LogP contribution in [0.2, 0.25) is 0 Å². The monoisotopic (exact) mass is 361 g/mol. The van der Waals surface area contributed by atoms with Crippen LogP contribution in [0.25, 0.3) is 0 Å². The van der Waals surface area contributed by atoms with Gasteiger partial charge in [-0.15, -0.1) is 0 Å². The van der Waals surface area contributed by atoms with Gasteiger partial charge in [-0.1, -0.05) is 64.2 Å². The van der Waals surface area contributed by atoms with E-state index in [9.17, 15) is 0 Å². The molecule has 0 amide bonds. The van der Waals surface area contributed by atoms with Gasteiger partial charge in [-0.3, -0.25) is 0 Å². The number of hydrogen-bond acceptors (Lipinski definition) is 4. The van der Waals surface area contributed by atoms with E-state index in [2.05, 4.69) is 13.8 Å². The predicted octanol–water partition coefficient (Wildman–Crippen LogP) is 4.95. The predicted molar refractivity (Wildman–Crippen MR) is 81.8 cm³/mol. The zero-order valence-corrected chi connectivity index (χ0v) is 17.4. The average molecular weight is 363 g/mol. The van der Waals surface area contributed by atoms with Gasteiger partial charge in [0.15, 0.2) is 0 Å². The summed E-state index contributed by atoms with van der Waals surface area (Å²) in [5.41, 5.74) is -2.37. The van der Waals surface area contributed by atoms with Crippen LogP contribution in [0.15, 0.2) is 0 Å². The van der Waals surface area contributed by atoms with E-state index in [1.165, 1.54) is 38.5 Å². The van der Waals surface area contributed by atoms with Crippen LogP contribution in [-0.2, 0) is 52.6 Å². The van der Waals surface area contributed by atoms with E-state index in [-0.39, 0.29) is 19.5 Å². The number of rotatable bonds is 12. The molecule has 2 nitrogen and oxygen atoms in total. The van der Waals surface area contributed by atoms with Crippen LogP contribution in [-0.4, -0.2) is 13.2 Å². The van der Waals surface area contributed by atoms with Gasteiger partial charge < -0.3 is 21.3 Å². The Bertz CT molecular complexity index is 200. The van der Waals surface area contributed by atoms with E-state index in [4.69, 9.17) is 33.1 Å². The molecule has 0 aliphatic carbocycles. The van der Waals surface area contributed by atoms with Crippen LogP contribution in [0.3, 0.4) is 0 Å². The topological polar surface area (TPSA) is 18.5 Å². The molecule has 0 aromatic heterocycles. The summed E-state index contributed by atoms with van der Waals surface area (Å²) in [4.78, 5) is 0. The van der Waals surface area contributed by atoms with E-state index in [0.717, 1.165) is 12.8 Å². The quantitative estimate of drug-likeness (QED) is 0.211. The third kappa shape index (κ3) is 15.6. The Morgan fingerprint density at radius 3 is 1.56 bits per heavy atom. The molecule has 0 rings (SSSR count). The first kappa shape index (κ1) is 21.8. The maximum absolute atomic E-state index is 5.50. The fourth-order valence-electron chi connectivity index (χ4n) is 1.45. The molecule has 0 fully saturated rings. The van der Waals surface area contributed by atoms with Crippen molar-refractivity contribution in [1.82, 2.24) is 0 Å². The standard InChI is InChI=1S/C12H27O2PS2.Zn/c1-3-5-7-9-11-13-15(16,17)14-12-10-8-6-4-2;/h3-12H2,1-2H3,(H,16,17);/q;+2/p-1. The molecular formula is C12H26O2PS2Zn+. The summed E-state index contributed by atoms with van der Waals surface area (Å²) in [5.74, 6) is 0. The van der Waals surface area contributed by atoms with Crippen molar-refractivity contribution >= 4 is 29.7 Å². The Labute approximate surface area is 136 Å². The summed E-state index contributed by atoms with van der Waals surface area (Å²) in [5, 5.41) is 0. The molecule has 0 unspecified atom stereocenters. The average Bonchev–Trinajstić information content (AvgIpc) is 2.28. The van der Waals surface area contributed by atoms with Gasteiger partial charge in [0.1, 0.15) is 0 Å². The first-order valence-electron chi connectivity index (χ1n) is 6.72. The SMILES string of the molecule is CCCCCCOP(=S)([S-])OCCCCCC.[Zn+2]. The molecular weight excluding hydrogens is 337 g/mol. The molecule has 0 heterocycles. The fraction of sp³-hybridized carbons (Fsp3) is 1.00. The van der Waals surface area contributed by atoms with E-state index in [0.29, 0.717) is 13.2 Å². The van der Waals surface area contributed by atoms with Gasteiger partial charge in [0.05, 0.1) is 18.9 Å². The Morgan fingerprint density at radius 1 is 0.833 bits per heavy atom. The van der Waals surface area contributed by atoms with Crippen LogP contribution in [0.1, 0.15) is 65.2 Å². The number of hydrogen-bond donors (Lipinski definition) is 0. The smallest absolute Gasteiger partial charge is 0.691 e. The van der Waals surface area contributed by atoms with Gasteiger partial charge in [-0.2, -0.15) is 0 Å². The van der Waals surface area contributed by atoms with Gasteiger partial charge in [0, 0.05) is 0 Å². The van der Waals surface area contributed by atoms with Crippen molar-refractivity contribution in [3.05, 3.63) is 0 Å². The van der Waals surface area contributed by atoms with Crippen molar-refractivity contribution < 1.29 is 28.5 Å². The van der Waals surface area contributed by atoms with E-state index < -0.39 is 5.69 Å². The zero-order valence-electron chi connectivity index (χ0n) is 11.9. The molecule has 0 aromatic carbocycles. The molecule has 18 heavy (non-hydrogen) atoms. The summed E-state index contributed by atoms with van der Waals surface area (Å²) >= 11 is 10.4. The Kier molecular flexibility index (Phi) is 18.1. The minimum absolute atomic E-state index is 0. The Hall–Kier alpha value is 1.54. The summed E-state index contributed by atoms with van der Waals surface area (Å²) in [6.07, 6.45) is 9.44. The molecule has 0 aromatic rings. The van der Waals surface area contributed by atoms with Gasteiger partial charge in [0.25, 0.3) is 0 Å². The molecule has 0 aliphatic rings. The van der Waals surface area contributed by atoms with Gasteiger partial charge in [-0.25, -0.2) is 0 Å². The minimum Gasteiger partial charge on any atom is -0.691 e. The summed E-state index contributed by atoms with van der Waals surface area (Å²) in [6, 6.07) is 0. The molecule has 0 spiro atoms. The minimum atomic E-state index is -2.37. The summed E-state index contributed by atoms with van der Waals surface area (Å²) in [6.45, 7) is 5.71. The van der Waals surface area contributed by atoms with Crippen LogP contribution >= 0.6 is 5.69 Å². The molecule has 0 bridgehead atoms. The molecule has 0 saturated heterocycles. The summed E-state index contributed by atoms with van der Waals surface area (Å²) < 4.78 is 11.0. The van der Waals surface area contributed by atoms with Crippen molar-refractivity contribution in [3.8, 4) is 0 Å². The maximum atomic E-state index is 5.50. The van der Waals surface area contributed by atoms with Crippen LogP contribution in [0.4, 0.5) is 0 Å². The van der Waals surface area contributed by atoms with E-state index in [1.807, 2.05) is 0 Å². The largest absolute Gasteiger partial charge is 2.00 e. The zero-order chi connectivity index (χ0) is 13.0. The second-order valence-electron chi connectivity index (χ2n) is 4.23. The van der Waals surface area contributed by atoms with Crippen LogP contribution < -0.4 is 0 Å². The van der Waals surface area contributed by atoms with Gasteiger partial charge in [0.2, 0.25) is 0 Å². The first-order chi connectivity index (χ1) is 8.12. The molecule has 104 valence electrons. The van der Waals surface area contributed by atoms with Crippen molar-refractivity contribution in [3.63, 3.8) is 0 Å². The molecule has 0 atom stereocenters. The van der Waals surface area contributed by atoms with E-state index >= 15 is 0 Å². The van der Waals surface area contributed by atoms with Crippen molar-refractivity contribution in [1.29, 1.82) is 0 Å². The Morgan fingerprint density at radius 2 is 1.22 bits per heavy atom. The van der Waals surface area contributed by atoms with Gasteiger partial charge >= 0.3 is 19.5 Å². The third-order valence-corrected chi connectivity index (χ3v) is 4.76. The van der Waals surface area contributed by atoms with Gasteiger partial charge in [-0.05, 0) is 12.8 Å². The summed E-state index contributed by atoms with van der Waals surface area (Å²) in [7, 11) is 0. The second kappa shape index (κ2) is 14.9. The molecule has 6 heteroatoms. The Balaban J connectivity index is 0. The molecule has 0 aliphatic heterocycles. The van der Waals surface area contributed by atoms with Crippen molar-refractivity contribution in [2.45, 2.75) is 65.2 Å². The first-order valence-corrected chi connectivity index (χ1v) is 10.4. The maximum Gasteiger partial charge on any atom is 2.00 e. The molecule has 0 radical (unpaired) electrons. The number of unbranched alkanes of at least 4 members (excludes halogenated alkanes) is 6.